The van der Waals surface area contributed by atoms with E-state index in [0.717, 1.165) is 52.2 Å². The lowest BCUT2D eigenvalue weighted by Crippen LogP contribution is -2.36. The first kappa shape index (κ1) is 18.0. The van der Waals surface area contributed by atoms with E-state index in [1.54, 1.807) is 16.9 Å². The zero-order valence-corrected chi connectivity index (χ0v) is 16.8. The molecule has 0 amide bonds. The number of aromatic nitrogens is 3. The topological polar surface area (TPSA) is 81.0 Å². The number of likely N-dealkylation sites (N-methyl/N-ethyl adjacent to an activating group) is 1. The zero-order valence-electron chi connectivity index (χ0n) is 16.8. The molecule has 148 valence electrons. The Bertz CT molecular complexity index is 1380. The van der Waals surface area contributed by atoms with Gasteiger partial charge in [-0.3, -0.25) is 9.48 Å². The molecule has 0 saturated heterocycles. The van der Waals surface area contributed by atoms with Crippen LogP contribution in [0.4, 0.5) is 17.1 Å². The largest absolute Gasteiger partial charge is 0.371 e. The van der Waals surface area contributed by atoms with Crippen molar-refractivity contribution >= 4 is 28.0 Å². The lowest BCUT2D eigenvalue weighted by Gasteiger charge is -2.38. The third-order valence-corrected chi connectivity index (χ3v) is 5.65. The Morgan fingerprint density at radius 3 is 2.70 bits per heavy atom. The SMILES string of the molecule is CN1CCN(c2cccc3[nH]c(=O)ccc23)c2cc(C#N)c(-c3cnn(C)c3)cc21. The molecule has 0 aliphatic carbocycles. The highest BCUT2D eigenvalue weighted by atomic mass is 16.1. The fourth-order valence-corrected chi connectivity index (χ4v) is 4.14. The third-order valence-electron chi connectivity index (χ3n) is 5.65. The van der Waals surface area contributed by atoms with Crippen molar-refractivity contribution in [2.24, 2.45) is 7.05 Å². The van der Waals surface area contributed by atoms with Gasteiger partial charge in [0, 0.05) is 56.0 Å². The van der Waals surface area contributed by atoms with Gasteiger partial charge in [-0.1, -0.05) is 6.07 Å². The molecule has 0 fully saturated rings. The van der Waals surface area contributed by atoms with Gasteiger partial charge in [0.05, 0.1) is 40.4 Å². The fourth-order valence-electron chi connectivity index (χ4n) is 4.14. The van der Waals surface area contributed by atoms with Gasteiger partial charge in [-0.2, -0.15) is 10.4 Å². The highest BCUT2D eigenvalue weighted by molar-refractivity contribution is 5.97. The van der Waals surface area contributed by atoms with E-state index in [-0.39, 0.29) is 5.56 Å². The van der Waals surface area contributed by atoms with Gasteiger partial charge >= 0.3 is 0 Å². The number of pyridine rings is 1. The van der Waals surface area contributed by atoms with Crippen LogP contribution >= 0.6 is 0 Å². The summed E-state index contributed by atoms with van der Waals surface area (Å²) in [6.45, 7) is 1.62. The zero-order chi connectivity index (χ0) is 20.8. The van der Waals surface area contributed by atoms with Gasteiger partial charge in [-0.25, -0.2) is 0 Å². The molecule has 0 spiro atoms. The van der Waals surface area contributed by atoms with Crippen LogP contribution in [0.2, 0.25) is 0 Å². The molecule has 1 aliphatic rings. The van der Waals surface area contributed by atoms with Crippen LogP contribution in [0.1, 0.15) is 5.56 Å². The number of fused-ring (bicyclic) bond motifs is 2. The van der Waals surface area contributed by atoms with Crippen molar-refractivity contribution in [2.45, 2.75) is 0 Å². The van der Waals surface area contributed by atoms with Crippen molar-refractivity contribution < 1.29 is 0 Å². The van der Waals surface area contributed by atoms with Crippen molar-refractivity contribution in [3.05, 3.63) is 70.8 Å². The predicted octanol–water partition coefficient (Wildman–Crippen LogP) is 3.39. The summed E-state index contributed by atoms with van der Waals surface area (Å²) >= 11 is 0. The second kappa shape index (κ2) is 6.78. The Balaban J connectivity index is 1.72. The number of nitrogens with zero attached hydrogens (tertiary/aromatic N) is 5. The molecule has 0 radical (unpaired) electrons. The lowest BCUT2D eigenvalue weighted by atomic mass is 9.98. The maximum atomic E-state index is 11.8. The minimum Gasteiger partial charge on any atom is -0.371 e. The lowest BCUT2D eigenvalue weighted by molar-refractivity contribution is 0.768. The van der Waals surface area contributed by atoms with Crippen molar-refractivity contribution in [3.8, 4) is 17.2 Å². The molecule has 0 unspecified atom stereocenters. The summed E-state index contributed by atoms with van der Waals surface area (Å²) in [4.78, 5) is 19.1. The second-order valence-electron chi connectivity index (χ2n) is 7.54. The molecule has 2 aromatic heterocycles. The van der Waals surface area contributed by atoms with Crippen LogP contribution in [0.25, 0.3) is 22.0 Å². The smallest absolute Gasteiger partial charge is 0.248 e. The van der Waals surface area contributed by atoms with Crippen LogP contribution in [-0.4, -0.2) is 34.9 Å². The van der Waals surface area contributed by atoms with Crippen LogP contribution in [0.3, 0.4) is 0 Å². The molecule has 30 heavy (non-hydrogen) atoms. The van der Waals surface area contributed by atoms with Crippen molar-refractivity contribution in [1.82, 2.24) is 14.8 Å². The number of hydrogen-bond donors (Lipinski definition) is 1. The first-order chi connectivity index (χ1) is 14.5. The highest BCUT2D eigenvalue weighted by Gasteiger charge is 2.25. The summed E-state index contributed by atoms with van der Waals surface area (Å²) in [7, 11) is 3.93. The molecule has 0 saturated carbocycles. The predicted molar refractivity (Wildman–Crippen MR) is 118 cm³/mol. The molecule has 4 aromatic rings. The van der Waals surface area contributed by atoms with E-state index in [9.17, 15) is 10.1 Å². The Hall–Kier alpha value is -4.05. The van der Waals surface area contributed by atoms with E-state index in [1.807, 2.05) is 37.5 Å². The van der Waals surface area contributed by atoms with E-state index in [1.165, 1.54) is 0 Å². The van der Waals surface area contributed by atoms with E-state index >= 15 is 0 Å². The molecule has 0 atom stereocenters. The van der Waals surface area contributed by atoms with Gasteiger partial charge < -0.3 is 14.8 Å². The minimum atomic E-state index is -0.119. The average Bonchev–Trinajstić information content (AvgIpc) is 3.19. The molecular weight excluding hydrogens is 376 g/mol. The molecule has 3 heterocycles. The van der Waals surface area contributed by atoms with E-state index in [0.29, 0.717) is 5.56 Å². The molecule has 1 aliphatic heterocycles. The molecule has 7 heteroatoms. The average molecular weight is 396 g/mol. The van der Waals surface area contributed by atoms with Gasteiger partial charge in [0.1, 0.15) is 0 Å². The standard InChI is InChI=1S/C23H20N6O/c1-27-8-9-29(20-5-3-4-19-17(20)6-7-23(30)26-19)22-10-15(12-24)18(11-21(22)27)16-13-25-28(2)14-16/h3-7,10-11,13-14H,8-9H2,1-2H3,(H,26,30). The fraction of sp³-hybridized carbons (Fsp3) is 0.174. The van der Waals surface area contributed by atoms with Crippen LogP contribution in [-0.2, 0) is 7.05 Å². The van der Waals surface area contributed by atoms with E-state index in [4.69, 9.17) is 0 Å². The molecule has 2 aromatic carbocycles. The summed E-state index contributed by atoms with van der Waals surface area (Å²) in [5.74, 6) is 0. The number of aromatic amines is 1. The van der Waals surface area contributed by atoms with Gasteiger partial charge in [0.2, 0.25) is 5.56 Å². The molecule has 5 rings (SSSR count). The molecule has 7 nitrogen and oxygen atoms in total. The Morgan fingerprint density at radius 1 is 1.07 bits per heavy atom. The van der Waals surface area contributed by atoms with Crippen molar-refractivity contribution in [2.75, 3.05) is 29.9 Å². The number of benzene rings is 2. The van der Waals surface area contributed by atoms with Gasteiger partial charge in [0.15, 0.2) is 0 Å². The maximum Gasteiger partial charge on any atom is 0.248 e. The number of hydrogen-bond acceptors (Lipinski definition) is 5. The molecule has 0 bridgehead atoms. The van der Waals surface area contributed by atoms with Gasteiger partial charge in [0.25, 0.3) is 0 Å². The summed E-state index contributed by atoms with van der Waals surface area (Å²) in [5, 5.41) is 15.1. The summed E-state index contributed by atoms with van der Waals surface area (Å²) in [5.41, 5.74) is 6.13. The number of H-pyrrole nitrogens is 1. The number of anilines is 3. The van der Waals surface area contributed by atoms with Crippen molar-refractivity contribution in [3.63, 3.8) is 0 Å². The first-order valence-electron chi connectivity index (χ1n) is 9.73. The number of rotatable bonds is 2. The molecule has 1 N–H and O–H groups in total. The first-order valence-corrected chi connectivity index (χ1v) is 9.73. The number of aryl methyl sites for hydroxylation is 1. The summed E-state index contributed by atoms with van der Waals surface area (Å²) < 4.78 is 1.74. The normalized spacial score (nSPS) is 13.4. The van der Waals surface area contributed by atoms with Crippen LogP contribution < -0.4 is 15.4 Å². The highest BCUT2D eigenvalue weighted by Crippen LogP contribution is 2.42. The quantitative estimate of drug-likeness (QED) is 0.562. The number of nitriles is 1. The van der Waals surface area contributed by atoms with E-state index in [2.05, 4.69) is 45.1 Å². The van der Waals surface area contributed by atoms with Crippen LogP contribution in [0.5, 0.6) is 0 Å². The second-order valence-corrected chi connectivity index (χ2v) is 7.54. The van der Waals surface area contributed by atoms with E-state index < -0.39 is 0 Å². The Kier molecular flexibility index (Phi) is 4.07. The maximum absolute atomic E-state index is 11.8. The molecular formula is C23H20N6O. The van der Waals surface area contributed by atoms with Crippen LogP contribution in [0.15, 0.2) is 59.7 Å². The minimum absolute atomic E-state index is 0.119. The number of nitrogens with one attached hydrogen (secondary N) is 1. The Morgan fingerprint density at radius 2 is 1.93 bits per heavy atom. The third kappa shape index (κ3) is 2.81. The monoisotopic (exact) mass is 396 g/mol. The van der Waals surface area contributed by atoms with Crippen LogP contribution in [0, 0.1) is 11.3 Å². The summed E-state index contributed by atoms with van der Waals surface area (Å²) in [6, 6.07) is 15.7. The van der Waals surface area contributed by atoms with Gasteiger partial charge in [-0.15, -0.1) is 0 Å². The van der Waals surface area contributed by atoms with Crippen molar-refractivity contribution in [1.29, 1.82) is 5.26 Å². The van der Waals surface area contributed by atoms with Gasteiger partial charge in [-0.05, 0) is 30.3 Å². The summed E-state index contributed by atoms with van der Waals surface area (Å²) in [6.07, 6.45) is 3.70. The Labute approximate surface area is 173 Å².